The van der Waals surface area contributed by atoms with Crippen molar-refractivity contribution in [2.45, 2.75) is 92.0 Å². The minimum atomic E-state index is -0.806. The number of cyclic esters (lactones) is 1. The van der Waals surface area contributed by atoms with Gasteiger partial charge in [0.15, 0.2) is 0 Å². The Bertz CT molecular complexity index is 984. The first kappa shape index (κ1) is 31.5. The van der Waals surface area contributed by atoms with Crippen molar-refractivity contribution in [3.8, 4) is 5.75 Å². The summed E-state index contributed by atoms with van der Waals surface area (Å²) in [7, 11) is 3.25. The Labute approximate surface area is 226 Å². The first-order valence-corrected chi connectivity index (χ1v) is 13.4. The van der Waals surface area contributed by atoms with Crippen LogP contribution >= 0.6 is 0 Å². The number of hydrogen-bond acceptors (Lipinski definition) is 8. The molecule has 1 aliphatic rings. The molecule has 8 heteroatoms. The fourth-order valence-corrected chi connectivity index (χ4v) is 5.30. The van der Waals surface area contributed by atoms with E-state index in [4.69, 9.17) is 18.9 Å². The number of methoxy groups -OCH3 is 2. The molecule has 1 aliphatic heterocycles. The van der Waals surface area contributed by atoms with Crippen LogP contribution in [0.4, 0.5) is 0 Å². The summed E-state index contributed by atoms with van der Waals surface area (Å²) in [6, 6.07) is 7.66. The summed E-state index contributed by atoms with van der Waals surface area (Å²) in [5.74, 6) is -1.83. The lowest BCUT2D eigenvalue weighted by Gasteiger charge is -2.36. The van der Waals surface area contributed by atoms with Crippen LogP contribution in [0.3, 0.4) is 0 Å². The Morgan fingerprint density at radius 1 is 1.13 bits per heavy atom. The highest BCUT2D eigenvalue weighted by Crippen LogP contribution is 2.35. The van der Waals surface area contributed by atoms with E-state index in [-0.39, 0.29) is 36.4 Å². The summed E-state index contributed by atoms with van der Waals surface area (Å²) in [6.07, 6.45) is -0.458. The van der Waals surface area contributed by atoms with E-state index in [9.17, 15) is 19.2 Å². The number of rotatable bonds is 8. The summed E-state index contributed by atoms with van der Waals surface area (Å²) in [5.41, 5.74) is 0.160. The summed E-state index contributed by atoms with van der Waals surface area (Å²) in [6.45, 7) is 10.4. The van der Waals surface area contributed by atoms with Crippen molar-refractivity contribution in [3.05, 3.63) is 29.8 Å². The first-order chi connectivity index (χ1) is 17.8. The molecule has 0 bridgehead atoms. The normalized spacial score (nSPS) is 26.4. The Morgan fingerprint density at radius 3 is 2.42 bits per heavy atom. The molecule has 1 fully saturated rings. The fourth-order valence-electron chi connectivity index (χ4n) is 5.30. The van der Waals surface area contributed by atoms with Gasteiger partial charge in [-0.05, 0) is 42.9 Å². The van der Waals surface area contributed by atoms with Gasteiger partial charge in [-0.15, -0.1) is 0 Å². The maximum absolute atomic E-state index is 13.3. The number of esters is 2. The highest BCUT2D eigenvalue weighted by atomic mass is 16.6. The predicted octanol–water partition coefficient (Wildman–Crippen LogP) is 5.26. The number of ether oxygens (including phenoxy) is 4. The van der Waals surface area contributed by atoms with E-state index >= 15 is 0 Å². The molecule has 1 aromatic carbocycles. The van der Waals surface area contributed by atoms with E-state index in [1.54, 1.807) is 35.0 Å². The highest BCUT2D eigenvalue weighted by molar-refractivity contribution is 5.97. The summed E-state index contributed by atoms with van der Waals surface area (Å²) in [4.78, 5) is 51.0. The molecular formula is C30H44O8. The minimum Gasteiger partial charge on any atom is -0.497 e. The topological polar surface area (TPSA) is 105 Å². The van der Waals surface area contributed by atoms with Crippen molar-refractivity contribution in [1.82, 2.24) is 0 Å². The monoisotopic (exact) mass is 532 g/mol. The summed E-state index contributed by atoms with van der Waals surface area (Å²) < 4.78 is 22.6. The Hall–Kier alpha value is -2.74. The second-order valence-electron chi connectivity index (χ2n) is 11.3. The third-order valence-electron chi connectivity index (χ3n) is 7.71. The molecule has 8 nitrogen and oxygen atoms in total. The number of hydrogen-bond donors (Lipinski definition) is 0. The molecule has 1 aromatic rings. The van der Waals surface area contributed by atoms with Gasteiger partial charge in [-0.25, -0.2) is 0 Å². The van der Waals surface area contributed by atoms with Gasteiger partial charge in [0.1, 0.15) is 35.9 Å². The zero-order valence-corrected chi connectivity index (χ0v) is 24.1. The third-order valence-corrected chi connectivity index (χ3v) is 7.71. The lowest BCUT2D eigenvalue weighted by molar-refractivity contribution is -0.166. The zero-order chi connectivity index (χ0) is 28.6. The molecule has 0 spiro atoms. The molecule has 0 saturated carbocycles. The average molecular weight is 533 g/mol. The van der Waals surface area contributed by atoms with E-state index in [2.05, 4.69) is 0 Å². The van der Waals surface area contributed by atoms with Crippen molar-refractivity contribution in [3.63, 3.8) is 0 Å². The van der Waals surface area contributed by atoms with Crippen LogP contribution in [0, 0.1) is 23.2 Å². The van der Waals surface area contributed by atoms with Crippen LogP contribution < -0.4 is 4.74 Å². The minimum absolute atomic E-state index is 0.0140. The maximum Gasteiger partial charge on any atom is 0.313 e. The quantitative estimate of drug-likeness (QED) is 0.330. The van der Waals surface area contributed by atoms with Crippen molar-refractivity contribution in [1.29, 1.82) is 0 Å². The van der Waals surface area contributed by atoms with Gasteiger partial charge in [0.25, 0.3) is 0 Å². The number of carbonyl (C=O) groups is 4. The number of benzene rings is 1. The van der Waals surface area contributed by atoms with Crippen LogP contribution in [-0.2, 0) is 33.4 Å². The maximum atomic E-state index is 13.3. The van der Waals surface area contributed by atoms with Crippen LogP contribution in [0.5, 0.6) is 5.75 Å². The summed E-state index contributed by atoms with van der Waals surface area (Å²) in [5, 5.41) is 0. The van der Waals surface area contributed by atoms with Gasteiger partial charge >= 0.3 is 11.9 Å². The van der Waals surface area contributed by atoms with Gasteiger partial charge in [-0.2, -0.15) is 0 Å². The standard InChI is InChI=1S/C30H44O8/c1-18(12-13-25(36-8)22-10-9-11-23(14-22)35-7)29-20(3)26(37-21(4)31)16-27(33)30(5,6)17-19(2)24(32)15-28(34)38-29/h9-11,14,18-20,25-26,29H,12-13,15-17H2,1-8H3/t18-,19-,20-,25-,26-,29+/m0/s1. The molecule has 0 unspecified atom stereocenters. The van der Waals surface area contributed by atoms with E-state index < -0.39 is 41.4 Å². The molecule has 0 N–H and O–H groups in total. The molecule has 38 heavy (non-hydrogen) atoms. The molecule has 2 rings (SSSR count). The SMILES string of the molecule is COc1cccc([C@H](CC[C@H](C)[C@H]2OC(=O)CC(=O)[C@@H](C)CC(C)(C)C(=O)C[C@H](OC(C)=O)[C@@H]2C)OC)c1. The van der Waals surface area contributed by atoms with Crippen molar-refractivity contribution in [2.24, 2.45) is 23.2 Å². The second kappa shape index (κ2) is 13.9. The van der Waals surface area contributed by atoms with Gasteiger partial charge in [-0.1, -0.05) is 46.8 Å². The van der Waals surface area contributed by atoms with E-state index in [1.165, 1.54) is 6.92 Å². The van der Waals surface area contributed by atoms with Crippen molar-refractivity contribution >= 4 is 23.5 Å². The molecule has 0 amide bonds. The smallest absolute Gasteiger partial charge is 0.313 e. The number of carbonyl (C=O) groups excluding carboxylic acids is 4. The lowest BCUT2D eigenvalue weighted by Crippen LogP contribution is -2.43. The van der Waals surface area contributed by atoms with Gasteiger partial charge in [0.05, 0.1) is 13.2 Å². The highest BCUT2D eigenvalue weighted by Gasteiger charge is 2.41. The third kappa shape index (κ3) is 8.65. The molecule has 0 radical (unpaired) electrons. The van der Waals surface area contributed by atoms with Crippen molar-refractivity contribution < 1.29 is 38.1 Å². The van der Waals surface area contributed by atoms with Crippen LogP contribution in [0.15, 0.2) is 24.3 Å². The first-order valence-electron chi connectivity index (χ1n) is 13.4. The van der Waals surface area contributed by atoms with Crippen LogP contribution in [0.2, 0.25) is 0 Å². The van der Waals surface area contributed by atoms with Crippen LogP contribution in [0.25, 0.3) is 0 Å². The van der Waals surface area contributed by atoms with E-state index in [1.807, 2.05) is 38.1 Å². The van der Waals surface area contributed by atoms with Crippen molar-refractivity contribution in [2.75, 3.05) is 14.2 Å². The fraction of sp³-hybridized carbons (Fsp3) is 0.667. The number of ketones is 2. The molecule has 1 heterocycles. The molecule has 0 aliphatic carbocycles. The molecule has 212 valence electrons. The van der Waals surface area contributed by atoms with Gasteiger partial charge in [-0.3, -0.25) is 19.2 Å². The van der Waals surface area contributed by atoms with Crippen LogP contribution in [0.1, 0.15) is 85.3 Å². The number of Topliss-reactive ketones (excluding diaryl/α,β-unsaturated/α-hetero) is 2. The molecule has 1 saturated heterocycles. The van der Waals surface area contributed by atoms with Crippen LogP contribution in [-0.4, -0.2) is 49.9 Å². The largest absolute Gasteiger partial charge is 0.497 e. The summed E-state index contributed by atoms with van der Waals surface area (Å²) >= 11 is 0. The second-order valence-corrected chi connectivity index (χ2v) is 11.3. The zero-order valence-electron chi connectivity index (χ0n) is 24.1. The molecular weight excluding hydrogens is 488 g/mol. The predicted molar refractivity (Wildman–Crippen MR) is 143 cm³/mol. The van der Waals surface area contributed by atoms with Gasteiger partial charge < -0.3 is 18.9 Å². The van der Waals surface area contributed by atoms with E-state index in [0.717, 1.165) is 11.3 Å². The van der Waals surface area contributed by atoms with Gasteiger partial charge in [0.2, 0.25) is 0 Å². The molecule has 0 aromatic heterocycles. The Balaban J connectivity index is 2.33. The average Bonchev–Trinajstić information content (AvgIpc) is 2.85. The lowest BCUT2D eigenvalue weighted by atomic mass is 9.74. The molecule has 6 atom stereocenters. The Morgan fingerprint density at radius 2 is 1.82 bits per heavy atom. The Kier molecular flexibility index (Phi) is 11.5. The van der Waals surface area contributed by atoms with Gasteiger partial charge in [0, 0.05) is 37.7 Å². The van der Waals surface area contributed by atoms with E-state index in [0.29, 0.717) is 19.3 Å².